The molecule has 0 amide bonds. The molecule has 0 radical (unpaired) electrons. The zero-order valence-corrected chi connectivity index (χ0v) is 29.5. The molecule has 0 aliphatic heterocycles. The van der Waals surface area contributed by atoms with E-state index in [0.717, 1.165) is 50.1 Å². The summed E-state index contributed by atoms with van der Waals surface area (Å²) < 4.78 is 5.60. The summed E-state index contributed by atoms with van der Waals surface area (Å²) in [6, 6.07) is 60.7. The van der Waals surface area contributed by atoms with Gasteiger partial charge in [-0.05, 0) is 58.1 Å². The molecule has 7 aromatic carbocycles. The topological polar surface area (TPSA) is 119 Å². The lowest BCUT2D eigenvalue weighted by atomic mass is 9.86. The highest BCUT2D eigenvalue weighted by atomic mass is 16.5. The van der Waals surface area contributed by atoms with Gasteiger partial charge in [-0.1, -0.05) is 152 Å². The molecular formula is C48H32N6O. The Morgan fingerprint density at radius 1 is 0.400 bits per heavy atom. The smallest absolute Gasteiger partial charge is 0.221 e. The molecule has 1 heterocycles. The van der Waals surface area contributed by atoms with Gasteiger partial charge in [-0.2, -0.15) is 5.26 Å². The van der Waals surface area contributed by atoms with Crippen LogP contribution in [0.1, 0.15) is 16.7 Å². The molecule has 0 spiro atoms. The van der Waals surface area contributed by atoms with Crippen LogP contribution in [0.15, 0.2) is 182 Å². The van der Waals surface area contributed by atoms with Crippen molar-refractivity contribution in [2.75, 3.05) is 0 Å². The molecule has 0 saturated carbocycles. The van der Waals surface area contributed by atoms with Gasteiger partial charge in [0, 0.05) is 33.4 Å². The van der Waals surface area contributed by atoms with Crippen molar-refractivity contribution in [1.82, 2.24) is 15.0 Å². The third-order valence-electron chi connectivity index (χ3n) is 9.23. The van der Waals surface area contributed by atoms with Gasteiger partial charge < -0.3 is 4.74 Å². The van der Waals surface area contributed by atoms with E-state index in [9.17, 15) is 5.26 Å². The number of hydrogen-bond acceptors (Lipinski definition) is 7. The van der Waals surface area contributed by atoms with E-state index in [1.807, 2.05) is 152 Å². The molecule has 0 aliphatic carbocycles. The number of benzene rings is 7. The summed E-state index contributed by atoms with van der Waals surface area (Å²) in [6.07, 6.45) is 0. The first-order valence-corrected chi connectivity index (χ1v) is 17.7. The zero-order chi connectivity index (χ0) is 37.6. The van der Waals surface area contributed by atoms with Crippen LogP contribution in [0, 0.1) is 22.1 Å². The van der Waals surface area contributed by atoms with E-state index in [1.54, 1.807) is 12.1 Å². The first kappa shape index (κ1) is 34.3. The second-order valence-corrected chi connectivity index (χ2v) is 12.7. The third-order valence-corrected chi connectivity index (χ3v) is 9.23. The molecule has 0 saturated heterocycles. The van der Waals surface area contributed by atoms with E-state index in [1.165, 1.54) is 0 Å². The average Bonchev–Trinajstić information content (AvgIpc) is 3.27. The zero-order valence-electron chi connectivity index (χ0n) is 29.5. The van der Waals surface area contributed by atoms with Gasteiger partial charge in [0.05, 0.1) is 11.6 Å². The van der Waals surface area contributed by atoms with Crippen molar-refractivity contribution < 1.29 is 4.74 Å². The van der Waals surface area contributed by atoms with Gasteiger partial charge in [0.2, 0.25) is 11.8 Å². The lowest BCUT2D eigenvalue weighted by molar-refractivity contribution is 0.538. The summed E-state index contributed by atoms with van der Waals surface area (Å²) >= 11 is 0. The van der Waals surface area contributed by atoms with Crippen molar-refractivity contribution in [2.24, 2.45) is 0 Å². The molecule has 260 valence electrons. The van der Waals surface area contributed by atoms with Crippen LogP contribution in [0.3, 0.4) is 0 Å². The lowest BCUT2D eigenvalue weighted by Crippen LogP contribution is -2.12. The van der Waals surface area contributed by atoms with Crippen LogP contribution in [-0.4, -0.2) is 26.7 Å². The fraction of sp³-hybridized carbons (Fsp3) is 0. The number of nitriles is 1. The van der Waals surface area contributed by atoms with Crippen molar-refractivity contribution in [1.29, 1.82) is 16.1 Å². The van der Waals surface area contributed by atoms with Crippen molar-refractivity contribution in [3.05, 3.63) is 199 Å². The molecule has 2 N–H and O–H groups in total. The Morgan fingerprint density at radius 2 is 0.818 bits per heavy atom. The molecule has 0 bridgehead atoms. The molecule has 0 aliphatic rings. The molecule has 8 rings (SSSR count). The summed E-state index contributed by atoms with van der Waals surface area (Å²) in [5.74, 6) is 1.54. The predicted molar refractivity (Wildman–Crippen MR) is 218 cm³/mol. The standard InChI is InChI=1S/C48H32N6O/c49-31-39-19-10-11-20-40(39)42-22-12-21-41(32-23-27-35(28-24-32)45(51)55-44(50)34-13-4-1-5-14-34)43(42)33-25-29-38(30-26-33)48-53-46(36-15-6-2-7-16-36)52-47(54-48)37-17-8-3-9-18-37/h1-30,50-51H. The Kier molecular flexibility index (Phi) is 9.61. The molecule has 7 nitrogen and oxygen atoms in total. The van der Waals surface area contributed by atoms with Gasteiger partial charge in [0.15, 0.2) is 17.5 Å². The van der Waals surface area contributed by atoms with E-state index in [0.29, 0.717) is 34.2 Å². The van der Waals surface area contributed by atoms with Crippen LogP contribution in [0.4, 0.5) is 0 Å². The summed E-state index contributed by atoms with van der Waals surface area (Å²) in [6.45, 7) is 0. The highest BCUT2D eigenvalue weighted by molar-refractivity contribution is 6.05. The van der Waals surface area contributed by atoms with E-state index >= 15 is 0 Å². The Balaban J connectivity index is 1.20. The van der Waals surface area contributed by atoms with Crippen molar-refractivity contribution in [3.63, 3.8) is 0 Å². The van der Waals surface area contributed by atoms with Crippen molar-refractivity contribution >= 4 is 11.8 Å². The minimum atomic E-state index is -0.114. The van der Waals surface area contributed by atoms with Crippen molar-refractivity contribution in [2.45, 2.75) is 0 Å². The van der Waals surface area contributed by atoms with Crippen LogP contribution in [0.25, 0.3) is 67.5 Å². The third kappa shape index (κ3) is 7.29. The quantitative estimate of drug-likeness (QED) is 0.120. The summed E-state index contributed by atoms with van der Waals surface area (Å²) in [7, 11) is 0. The van der Waals surface area contributed by atoms with E-state index in [2.05, 4.69) is 24.3 Å². The van der Waals surface area contributed by atoms with Gasteiger partial charge >= 0.3 is 0 Å². The molecule has 7 heteroatoms. The Hall–Kier alpha value is -7.82. The fourth-order valence-corrected chi connectivity index (χ4v) is 6.48. The first-order valence-electron chi connectivity index (χ1n) is 17.7. The van der Waals surface area contributed by atoms with Gasteiger partial charge in [-0.3, -0.25) is 10.8 Å². The number of nitrogens with zero attached hydrogens (tertiary/aromatic N) is 4. The van der Waals surface area contributed by atoms with Crippen LogP contribution in [0.5, 0.6) is 0 Å². The Bertz CT molecular complexity index is 2630. The maximum atomic E-state index is 10.1. The number of nitrogens with one attached hydrogen (secondary N) is 2. The van der Waals surface area contributed by atoms with Crippen molar-refractivity contribution in [3.8, 4) is 73.6 Å². The van der Waals surface area contributed by atoms with E-state index < -0.39 is 0 Å². The maximum absolute atomic E-state index is 10.1. The number of hydrogen-bond donors (Lipinski definition) is 2. The average molecular weight is 709 g/mol. The monoisotopic (exact) mass is 708 g/mol. The van der Waals surface area contributed by atoms with E-state index in [4.69, 9.17) is 30.5 Å². The van der Waals surface area contributed by atoms with Gasteiger partial charge in [-0.25, -0.2) is 15.0 Å². The first-order chi connectivity index (χ1) is 27.1. The minimum absolute atomic E-state index is 0.0889. The largest absolute Gasteiger partial charge is 0.421 e. The van der Waals surface area contributed by atoms with Crippen LogP contribution < -0.4 is 0 Å². The van der Waals surface area contributed by atoms with E-state index in [-0.39, 0.29) is 11.8 Å². The lowest BCUT2D eigenvalue weighted by Gasteiger charge is -2.18. The van der Waals surface area contributed by atoms with Gasteiger partial charge in [0.25, 0.3) is 0 Å². The Morgan fingerprint density at radius 3 is 1.38 bits per heavy atom. The minimum Gasteiger partial charge on any atom is -0.421 e. The second-order valence-electron chi connectivity index (χ2n) is 12.7. The highest BCUT2D eigenvalue weighted by Crippen LogP contribution is 2.41. The molecular weight excluding hydrogens is 677 g/mol. The SMILES string of the molecule is N#Cc1ccccc1-c1cccc(-c2ccc(C(=N)OC(=N)c3ccccc3)cc2)c1-c1ccc(-c2nc(-c3ccccc3)nc(-c3ccccc3)n2)cc1. The molecule has 55 heavy (non-hydrogen) atoms. The molecule has 0 fully saturated rings. The van der Waals surface area contributed by atoms with Gasteiger partial charge in [0.1, 0.15) is 0 Å². The van der Waals surface area contributed by atoms with Gasteiger partial charge in [-0.15, -0.1) is 0 Å². The maximum Gasteiger partial charge on any atom is 0.221 e. The normalized spacial score (nSPS) is 10.7. The summed E-state index contributed by atoms with van der Waals surface area (Å²) in [5, 5.41) is 27.0. The summed E-state index contributed by atoms with van der Waals surface area (Å²) in [4.78, 5) is 14.7. The number of rotatable bonds is 8. The molecule has 8 aromatic rings. The molecule has 1 aromatic heterocycles. The number of aromatic nitrogens is 3. The second kappa shape index (κ2) is 15.4. The molecule has 0 unspecified atom stereocenters. The van der Waals surface area contributed by atoms with Crippen LogP contribution >= 0.6 is 0 Å². The van der Waals surface area contributed by atoms with Crippen LogP contribution in [-0.2, 0) is 4.74 Å². The number of ether oxygens (including phenoxy) is 1. The summed E-state index contributed by atoms with van der Waals surface area (Å²) in [5.41, 5.74) is 9.86. The van der Waals surface area contributed by atoms with Crippen LogP contribution in [0.2, 0.25) is 0 Å². The fourth-order valence-electron chi connectivity index (χ4n) is 6.48. The Labute approximate surface area is 318 Å². The predicted octanol–water partition coefficient (Wildman–Crippen LogP) is 11.1. The molecule has 0 atom stereocenters. The highest BCUT2D eigenvalue weighted by Gasteiger charge is 2.18.